The molecule has 0 spiro atoms. The van der Waals surface area contributed by atoms with E-state index in [1.165, 1.54) is 48.8 Å². The molecule has 1 N–H and O–H groups in total. The zero-order valence-electron chi connectivity index (χ0n) is 13.0. The molecule has 2 aromatic carbocycles. The summed E-state index contributed by atoms with van der Waals surface area (Å²) in [6.07, 6.45) is 2.71. The Hall–Kier alpha value is -1.38. The quantitative estimate of drug-likeness (QED) is 0.900. The average molecular weight is 282 g/mol. The third kappa shape index (κ3) is 3.84. The van der Waals surface area contributed by atoms with Gasteiger partial charge in [-0.1, -0.05) is 43.3 Å². The summed E-state index contributed by atoms with van der Waals surface area (Å²) < 4.78 is 0. The van der Waals surface area contributed by atoms with Crippen molar-refractivity contribution in [3.05, 3.63) is 48.0 Å². The molecule has 2 aromatic rings. The summed E-state index contributed by atoms with van der Waals surface area (Å²) >= 11 is 0. The van der Waals surface area contributed by atoms with Crippen molar-refractivity contribution in [2.75, 3.05) is 26.2 Å². The molecule has 0 aromatic heterocycles. The molecule has 1 atom stereocenters. The van der Waals surface area contributed by atoms with Gasteiger partial charge in [0.05, 0.1) is 0 Å². The molecule has 2 nitrogen and oxygen atoms in total. The van der Waals surface area contributed by atoms with E-state index in [2.05, 4.69) is 59.6 Å². The molecule has 21 heavy (non-hydrogen) atoms. The Bertz CT molecular complexity index is 573. The van der Waals surface area contributed by atoms with Crippen molar-refractivity contribution in [2.24, 2.45) is 5.92 Å². The monoisotopic (exact) mass is 282 g/mol. The van der Waals surface area contributed by atoms with Crippen LogP contribution in [0.5, 0.6) is 0 Å². The number of rotatable bonds is 5. The van der Waals surface area contributed by atoms with Crippen molar-refractivity contribution < 1.29 is 0 Å². The van der Waals surface area contributed by atoms with E-state index in [4.69, 9.17) is 0 Å². The highest BCUT2D eigenvalue weighted by Gasteiger charge is 2.16. The summed E-state index contributed by atoms with van der Waals surface area (Å²) in [6, 6.07) is 15.5. The Morgan fingerprint density at radius 1 is 1.14 bits per heavy atom. The maximum Gasteiger partial charge on any atom is 0.0233 e. The molecule has 1 heterocycles. The fraction of sp³-hybridized carbons (Fsp3) is 0.474. The van der Waals surface area contributed by atoms with Gasteiger partial charge in [0.1, 0.15) is 0 Å². The van der Waals surface area contributed by atoms with Crippen LogP contribution in [-0.4, -0.2) is 31.1 Å². The topological polar surface area (TPSA) is 15.3 Å². The molecule has 0 amide bonds. The minimum Gasteiger partial charge on any atom is -0.316 e. The molecule has 1 fully saturated rings. The second kappa shape index (κ2) is 7.06. The molecule has 0 saturated carbocycles. The van der Waals surface area contributed by atoms with E-state index in [-0.39, 0.29) is 0 Å². The molecular weight excluding hydrogens is 256 g/mol. The van der Waals surface area contributed by atoms with Crippen LogP contribution in [0, 0.1) is 5.92 Å². The van der Waals surface area contributed by atoms with E-state index in [1.54, 1.807) is 0 Å². The van der Waals surface area contributed by atoms with Crippen LogP contribution in [0.4, 0.5) is 0 Å². The Kier molecular flexibility index (Phi) is 4.89. The maximum absolute atomic E-state index is 3.53. The van der Waals surface area contributed by atoms with Crippen molar-refractivity contribution in [1.82, 2.24) is 10.2 Å². The third-order valence-electron chi connectivity index (χ3n) is 4.58. The first-order valence-corrected chi connectivity index (χ1v) is 8.26. The highest BCUT2D eigenvalue weighted by Crippen LogP contribution is 2.18. The van der Waals surface area contributed by atoms with Gasteiger partial charge < -0.3 is 5.32 Å². The van der Waals surface area contributed by atoms with Crippen LogP contribution >= 0.6 is 0 Å². The van der Waals surface area contributed by atoms with Gasteiger partial charge in [0.2, 0.25) is 0 Å². The molecule has 3 rings (SSSR count). The number of nitrogens with one attached hydrogen (secondary N) is 1. The van der Waals surface area contributed by atoms with Crippen LogP contribution in [0.25, 0.3) is 10.8 Å². The normalized spacial score (nSPS) is 19.2. The molecule has 0 aliphatic carbocycles. The van der Waals surface area contributed by atoms with Crippen molar-refractivity contribution in [3.8, 4) is 0 Å². The maximum atomic E-state index is 3.53. The Morgan fingerprint density at radius 3 is 2.76 bits per heavy atom. The van der Waals surface area contributed by atoms with Gasteiger partial charge in [-0.25, -0.2) is 0 Å². The van der Waals surface area contributed by atoms with Gasteiger partial charge in [-0.15, -0.1) is 0 Å². The van der Waals surface area contributed by atoms with E-state index < -0.39 is 0 Å². The summed E-state index contributed by atoms with van der Waals surface area (Å²) in [5.74, 6) is 0.819. The van der Waals surface area contributed by atoms with Crippen LogP contribution in [0.1, 0.15) is 25.3 Å². The molecule has 0 radical (unpaired) electrons. The molecule has 1 unspecified atom stereocenters. The van der Waals surface area contributed by atoms with Gasteiger partial charge in [-0.2, -0.15) is 0 Å². The second-order valence-electron chi connectivity index (χ2n) is 6.22. The highest BCUT2D eigenvalue weighted by molar-refractivity contribution is 5.82. The van der Waals surface area contributed by atoms with Gasteiger partial charge in [0.15, 0.2) is 0 Å². The Labute approximate surface area is 128 Å². The molecule has 112 valence electrons. The number of piperidine rings is 1. The van der Waals surface area contributed by atoms with Gasteiger partial charge in [-0.05, 0) is 60.8 Å². The second-order valence-corrected chi connectivity index (χ2v) is 6.22. The first-order chi connectivity index (χ1) is 10.3. The zero-order valence-corrected chi connectivity index (χ0v) is 13.0. The number of hydrogen-bond acceptors (Lipinski definition) is 2. The minimum atomic E-state index is 0.819. The SMILES string of the molecule is CCN(Cc1ccc2ccccc2c1)CC1CCCNC1. The summed E-state index contributed by atoms with van der Waals surface area (Å²) in [5.41, 5.74) is 1.43. The summed E-state index contributed by atoms with van der Waals surface area (Å²) in [6.45, 7) is 8.08. The lowest BCUT2D eigenvalue weighted by Gasteiger charge is -2.29. The van der Waals surface area contributed by atoms with Crippen LogP contribution in [0.2, 0.25) is 0 Å². The number of fused-ring (bicyclic) bond motifs is 1. The van der Waals surface area contributed by atoms with Crippen LogP contribution in [0.15, 0.2) is 42.5 Å². The van der Waals surface area contributed by atoms with Crippen molar-refractivity contribution >= 4 is 10.8 Å². The standard InChI is InChI=1S/C19H26N2/c1-2-21(15-17-6-5-11-20-13-17)14-16-9-10-18-7-3-4-8-19(18)12-16/h3-4,7-10,12,17,20H,2,5-6,11,13-15H2,1H3. The molecule has 1 aliphatic heterocycles. The first kappa shape index (κ1) is 14.6. The summed E-state index contributed by atoms with van der Waals surface area (Å²) in [4.78, 5) is 2.59. The largest absolute Gasteiger partial charge is 0.316 e. The fourth-order valence-electron chi connectivity index (χ4n) is 3.35. The number of nitrogens with zero attached hydrogens (tertiary/aromatic N) is 1. The molecule has 0 bridgehead atoms. The summed E-state index contributed by atoms with van der Waals surface area (Å²) in [7, 11) is 0. The van der Waals surface area contributed by atoms with Gasteiger partial charge in [0.25, 0.3) is 0 Å². The van der Waals surface area contributed by atoms with E-state index in [9.17, 15) is 0 Å². The Balaban J connectivity index is 1.66. The van der Waals surface area contributed by atoms with Gasteiger partial charge >= 0.3 is 0 Å². The Morgan fingerprint density at radius 2 is 2.00 bits per heavy atom. The highest BCUT2D eigenvalue weighted by atomic mass is 15.1. The van der Waals surface area contributed by atoms with Crippen molar-refractivity contribution in [3.63, 3.8) is 0 Å². The first-order valence-electron chi connectivity index (χ1n) is 8.26. The zero-order chi connectivity index (χ0) is 14.5. The van der Waals surface area contributed by atoms with E-state index in [0.717, 1.165) is 19.0 Å². The molecule has 1 saturated heterocycles. The number of benzene rings is 2. The van der Waals surface area contributed by atoms with Crippen molar-refractivity contribution in [2.45, 2.75) is 26.3 Å². The average Bonchev–Trinajstić information content (AvgIpc) is 2.55. The lowest BCUT2D eigenvalue weighted by molar-refractivity contribution is 0.210. The number of hydrogen-bond donors (Lipinski definition) is 1. The molecule has 1 aliphatic rings. The van der Waals surface area contributed by atoms with Gasteiger partial charge in [0, 0.05) is 13.1 Å². The van der Waals surface area contributed by atoms with Gasteiger partial charge in [-0.3, -0.25) is 4.90 Å². The van der Waals surface area contributed by atoms with Crippen LogP contribution in [0.3, 0.4) is 0 Å². The predicted molar refractivity (Wildman–Crippen MR) is 90.5 cm³/mol. The van der Waals surface area contributed by atoms with E-state index in [1.807, 2.05) is 0 Å². The van der Waals surface area contributed by atoms with Crippen molar-refractivity contribution in [1.29, 1.82) is 0 Å². The molecule has 2 heteroatoms. The summed E-state index contributed by atoms with van der Waals surface area (Å²) in [5, 5.41) is 6.21. The lowest BCUT2D eigenvalue weighted by atomic mass is 9.98. The smallest absolute Gasteiger partial charge is 0.0233 e. The predicted octanol–water partition coefficient (Wildman–Crippen LogP) is 3.66. The third-order valence-corrected chi connectivity index (χ3v) is 4.58. The van der Waals surface area contributed by atoms with Crippen LogP contribution in [-0.2, 0) is 6.54 Å². The van der Waals surface area contributed by atoms with E-state index in [0.29, 0.717) is 0 Å². The van der Waals surface area contributed by atoms with Crippen LogP contribution < -0.4 is 5.32 Å². The molecular formula is C19H26N2. The lowest BCUT2D eigenvalue weighted by Crippen LogP contribution is -2.38. The fourth-order valence-corrected chi connectivity index (χ4v) is 3.35. The van der Waals surface area contributed by atoms with E-state index >= 15 is 0 Å². The minimum absolute atomic E-state index is 0.819.